The molecule has 4 aromatic rings. The van der Waals surface area contributed by atoms with Crippen molar-refractivity contribution in [3.63, 3.8) is 0 Å². The molecule has 0 saturated carbocycles. The van der Waals surface area contributed by atoms with Gasteiger partial charge in [0.25, 0.3) is 0 Å². The molecule has 2 heterocycles. The van der Waals surface area contributed by atoms with E-state index in [1.54, 1.807) is 30.5 Å². The van der Waals surface area contributed by atoms with Crippen LogP contribution in [0.4, 0.5) is 0 Å². The molecule has 2 aromatic carbocycles. The molecule has 0 fully saturated rings. The monoisotopic (exact) mass is 638 g/mol. The minimum atomic E-state index is -1.34. The molecule has 8 heteroatoms. The Balaban J connectivity index is 0.000000167. The SMILES string of the molecule is Brc1ccc(-c2ccccc2)nc1.Brc1ccc(I)nc1.OB(O)c1ccccc1. The highest BCUT2D eigenvalue weighted by molar-refractivity contribution is 14.1. The third-order valence-electron chi connectivity index (χ3n) is 3.59. The third kappa shape index (κ3) is 9.48. The van der Waals surface area contributed by atoms with E-state index in [4.69, 9.17) is 10.0 Å². The summed E-state index contributed by atoms with van der Waals surface area (Å²) in [5.74, 6) is 0. The van der Waals surface area contributed by atoms with E-state index in [-0.39, 0.29) is 0 Å². The standard InChI is InChI=1S/C11H8BrN.C6H7BO2.C5H3BrIN/c12-10-6-7-11(13-8-10)9-4-2-1-3-5-9;8-7(9)6-4-2-1-3-5-6;6-4-1-2-5(7)8-3-4/h1-8H;1-5,8-9H;1-3H. The van der Waals surface area contributed by atoms with Gasteiger partial charge in [0.1, 0.15) is 3.70 Å². The lowest BCUT2D eigenvalue weighted by Gasteiger charge is -1.99. The van der Waals surface area contributed by atoms with Crippen molar-refractivity contribution in [2.75, 3.05) is 0 Å². The van der Waals surface area contributed by atoms with E-state index in [1.165, 1.54) is 0 Å². The Labute approximate surface area is 207 Å². The Kier molecular flexibility index (Phi) is 11.2. The Hall–Kier alpha value is -1.59. The van der Waals surface area contributed by atoms with Crippen LogP contribution in [0.3, 0.4) is 0 Å². The van der Waals surface area contributed by atoms with Gasteiger partial charge in [0.15, 0.2) is 0 Å². The van der Waals surface area contributed by atoms with Crippen molar-refractivity contribution in [2.45, 2.75) is 0 Å². The van der Waals surface area contributed by atoms with Crippen LogP contribution in [0.5, 0.6) is 0 Å². The topological polar surface area (TPSA) is 66.2 Å². The first-order chi connectivity index (χ1) is 14.5. The molecule has 0 aliphatic heterocycles. The smallest absolute Gasteiger partial charge is 0.423 e. The highest BCUT2D eigenvalue weighted by atomic mass is 127. The second-order valence-electron chi connectivity index (χ2n) is 5.81. The van der Waals surface area contributed by atoms with Gasteiger partial charge in [-0.15, -0.1) is 0 Å². The van der Waals surface area contributed by atoms with Gasteiger partial charge in [0.2, 0.25) is 0 Å². The molecule has 4 nitrogen and oxygen atoms in total. The normalized spacial score (nSPS) is 9.50. The molecule has 2 N–H and O–H groups in total. The zero-order chi connectivity index (χ0) is 21.8. The number of halogens is 3. The summed E-state index contributed by atoms with van der Waals surface area (Å²) in [6, 6.07) is 26.7. The van der Waals surface area contributed by atoms with Crippen molar-refractivity contribution in [1.82, 2.24) is 9.97 Å². The summed E-state index contributed by atoms with van der Waals surface area (Å²) in [5.41, 5.74) is 2.68. The van der Waals surface area contributed by atoms with Crippen LogP contribution in [0.15, 0.2) is 106 Å². The molecule has 0 aliphatic carbocycles. The zero-order valence-electron chi connectivity index (χ0n) is 15.7. The van der Waals surface area contributed by atoms with Crippen molar-refractivity contribution in [1.29, 1.82) is 0 Å². The summed E-state index contributed by atoms with van der Waals surface area (Å²) in [6.45, 7) is 0. The first-order valence-corrected chi connectivity index (χ1v) is 11.5. The van der Waals surface area contributed by atoms with E-state index >= 15 is 0 Å². The molecule has 0 unspecified atom stereocenters. The lowest BCUT2D eigenvalue weighted by Crippen LogP contribution is -2.29. The van der Waals surface area contributed by atoms with Crippen molar-refractivity contribution in [3.8, 4) is 11.3 Å². The Bertz CT molecular complexity index is 970. The lowest BCUT2D eigenvalue weighted by atomic mass is 9.81. The first kappa shape index (κ1) is 24.7. The van der Waals surface area contributed by atoms with Gasteiger partial charge in [-0.1, -0.05) is 60.7 Å². The van der Waals surface area contributed by atoms with E-state index < -0.39 is 7.12 Å². The summed E-state index contributed by atoms with van der Waals surface area (Å²) in [5, 5.41) is 17.2. The second-order valence-corrected chi connectivity index (χ2v) is 8.75. The molecule has 0 atom stereocenters. The maximum Gasteiger partial charge on any atom is 0.488 e. The maximum atomic E-state index is 8.58. The van der Waals surface area contributed by atoms with Crippen LogP contribution in [0.1, 0.15) is 0 Å². The Morgan fingerprint density at radius 3 is 1.60 bits per heavy atom. The van der Waals surface area contributed by atoms with Crippen LogP contribution in [0, 0.1) is 3.70 Å². The van der Waals surface area contributed by atoms with Gasteiger partial charge in [-0.2, -0.15) is 0 Å². The number of pyridine rings is 2. The molecule has 0 saturated heterocycles. The molecule has 30 heavy (non-hydrogen) atoms. The molecular formula is C22H18BBr2IN2O2. The zero-order valence-corrected chi connectivity index (χ0v) is 21.1. The van der Waals surface area contributed by atoms with E-state index in [2.05, 4.69) is 76.6 Å². The summed E-state index contributed by atoms with van der Waals surface area (Å²) >= 11 is 8.80. The molecule has 4 rings (SSSR count). The minimum Gasteiger partial charge on any atom is -0.423 e. The second kappa shape index (κ2) is 13.7. The molecule has 0 amide bonds. The number of nitrogens with zero attached hydrogens (tertiary/aromatic N) is 2. The highest BCUT2D eigenvalue weighted by Crippen LogP contribution is 2.17. The number of benzene rings is 2. The van der Waals surface area contributed by atoms with E-state index in [1.807, 2.05) is 54.7 Å². The largest absolute Gasteiger partial charge is 0.488 e. The summed E-state index contributed by atoms with van der Waals surface area (Å²) in [4.78, 5) is 8.32. The minimum absolute atomic E-state index is 0.525. The van der Waals surface area contributed by atoms with Gasteiger partial charge >= 0.3 is 7.12 Å². The van der Waals surface area contributed by atoms with Crippen molar-refractivity contribution < 1.29 is 10.0 Å². The molecule has 2 aromatic heterocycles. The molecular weight excluding hydrogens is 622 g/mol. The van der Waals surface area contributed by atoms with E-state index in [9.17, 15) is 0 Å². The lowest BCUT2D eigenvalue weighted by molar-refractivity contribution is 0.426. The van der Waals surface area contributed by atoms with Gasteiger partial charge < -0.3 is 10.0 Å². The van der Waals surface area contributed by atoms with Crippen LogP contribution in [-0.2, 0) is 0 Å². The number of hydrogen-bond donors (Lipinski definition) is 2. The highest BCUT2D eigenvalue weighted by Gasteiger charge is 2.07. The van der Waals surface area contributed by atoms with Crippen LogP contribution in [0.2, 0.25) is 0 Å². The fraction of sp³-hybridized carbons (Fsp3) is 0. The predicted molar refractivity (Wildman–Crippen MR) is 138 cm³/mol. The van der Waals surface area contributed by atoms with Crippen LogP contribution in [-0.4, -0.2) is 27.1 Å². The maximum absolute atomic E-state index is 8.58. The fourth-order valence-corrected chi connectivity index (χ4v) is 2.93. The first-order valence-electron chi connectivity index (χ1n) is 8.81. The van der Waals surface area contributed by atoms with E-state index in [0.717, 1.165) is 23.9 Å². The average molecular weight is 640 g/mol. The van der Waals surface area contributed by atoms with Crippen LogP contribution >= 0.6 is 54.5 Å². The Morgan fingerprint density at radius 2 is 1.20 bits per heavy atom. The molecule has 0 aliphatic rings. The van der Waals surface area contributed by atoms with Crippen molar-refractivity contribution >= 4 is 67.0 Å². The Morgan fingerprint density at radius 1 is 0.667 bits per heavy atom. The van der Waals surface area contributed by atoms with Gasteiger partial charge in [-0.25, -0.2) is 4.98 Å². The molecule has 152 valence electrons. The third-order valence-corrected chi connectivity index (χ3v) is 5.16. The molecule has 0 spiro atoms. The van der Waals surface area contributed by atoms with Gasteiger partial charge in [0, 0.05) is 26.9 Å². The number of hydrogen-bond acceptors (Lipinski definition) is 4. The average Bonchev–Trinajstić information content (AvgIpc) is 2.78. The van der Waals surface area contributed by atoms with Crippen molar-refractivity contribution in [3.05, 3.63) is 110 Å². The number of rotatable bonds is 2. The van der Waals surface area contributed by atoms with Gasteiger partial charge in [-0.05, 0) is 84.2 Å². The quantitative estimate of drug-likeness (QED) is 0.177. The number of aromatic nitrogens is 2. The van der Waals surface area contributed by atoms with Crippen molar-refractivity contribution in [2.24, 2.45) is 0 Å². The predicted octanol–water partition coefficient (Wildman–Crippen LogP) is 5.33. The summed E-state index contributed by atoms with van der Waals surface area (Å²) in [6.07, 6.45) is 3.59. The molecule has 0 radical (unpaired) electrons. The van der Waals surface area contributed by atoms with Crippen LogP contribution < -0.4 is 5.46 Å². The van der Waals surface area contributed by atoms with Gasteiger partial charge in [0.05, 0.1) is 5.69 Å². The molecule has 0 bridgehead atoms. The summed E-state index contributed by atoms with van der Waals surface area (Å²) in [7, 11) is -1.34. The summed E-state index contributed by atoms with van der Waals surface area (Å²) < 4.78 is 3.05. The van der Waals surface area contributed by atoms with E-state index in [0.29, 0.717) is 5.46 Å². The fourth-order valence-electron chi connectivity index (χ4n) is 2.14. The van der Waals surface area contributed by atoms with Gasteiger partial charge in [-0.3, -0.25) is 4.98 Å². The van der Waals surface area contributed by atoms with Crippen LogP contribution in [0.25, 0.3) is 11.3 Å².